The second-order valence-corrected chi connectivity index (χ2v) is 2.55. The minimum atomic E-state index is -0.913. The van der Waals surface area contributed by atoms with Gasteiger partial charge in [-0.05, 0) is 0 Å². The summed E-state index contributed by atoms with van der Waals surface area (Å²) >= 11 is 0. The summed E-state index contributed by atoms with van der Waals surface area (Å²) in [6, 6.07) is -0.613. The van der Waals surface area contributed by atoms with Crippen LogP contribution in [0.25, 0.3) is 0 Å². The highest BCUT2D eigenvalue weighted by molar-refractivity contribution is 5.85. The first-order chi connectivity index (χ1) is 5.11. The van der Waals surface area contributed by atoms with E-state index in [0.717, 1.165) is 0 Å². The Morgan fingerprint density at radius 3 is 2.75 bits per heavy atom. The summed E-state index contributed by atoms with van der Waals surface area (Å²) < 4.78 is 0. The molecule has 0 bridgehead atoms. The Morgan fingerprint density at radius 2 is 2.33 bits per heavy atom. The lowest BCUT2D eigenvalue weighted by Gasteiger charge is -2.27. The van der Waals surface area contributed by atoms with Crippen molar-refractivity contribution < 1.29 is 14.7 Å². The van der Waals surface area contributed by atoms with Gasteiger partial charge >= 0.3 is 5.97 Å². The lowest BCUT2D eigenvalue weighted by Crippen LogP contribution is -2.55. The number of nitrogens with one attached hydrogen (secondary N) is 1. The Balaban J connectivity index is 0.00000121. The first kappa shape index (κ1) is 11.2. The summed E-state index contributed by atoms with van der Waals surface area (Å²) in [5.74, 6) is -0.980. The van der Waals surface area contributed by atoms with Crippen LogP contribution in [0.3, 0.4) is 0 Å². The largest absolute Gasteiger partial charge is 0.480 e. The molecule has 1 aliphatic heterocycles. The smallest absolute Gasteiger partial charge is 0.322 e. The first-order valence-corrected chi connectivity index (χ1v) is 3.31. The third kappa shape index (κ3) is 2.35. The molecule has 70 valence electrons. The highest BCUT2D eigenvalue weighted by atomic mass is 35.5. The number of amides is 1. The maximum atomic E-state index is 10.8. The molecule has 1 rings (SSSR count). The van der Waals surface area contributed by atoms with Crippen molar-refractivity contribution in [3.63, 3.8) is 0 Å². The molecule has 0 aromatic rings. The molecule has 1 heterocycles. The van der Waals surface area contributed by atoms with Gasteiger partial charge in [0.15, 0.2) is 0 Å². The van der Waals surface area contributed by atoms with Gasteiger partial charge in [0.25, 0.3) is 0 Å². The molecule has 2 N–H and O–H groups in total. The molecular weight excluding hydrogens is 184 g/mol. The number of hydrogen-bond donors (Lipinski definition) is 2. The molecule has 1 aliphatic rings. The van der Waals surface area contributed by atoms with Gasteiger partial charge in [-0.25, -0.2) is 0 Å². The van der Waals surface area contributed by atoms with Crippen LogP contribution in [0.1, 0.15) is 0 Å². The Morgan fingerprint density at radius 1 is 1.75 bits per heavy atom. The number of carbonyl (C=O) groups is 2. The van der Waals surface area contributed by atoms with E-state index in [1.54, 1.807) is 7.05 Å². The summed E-state index contributed by atoms with van der Waals surface area (Å²) in [6.07, 6.45) is 0. The third-order valence-electron chi connectivity index (χ3n) is 1.68. The van der Waals surface area contributed by atoms with Crippen LogP contribution >= 0.6 is 12.4 Å². The lowest BCUT2D eigenvalue weighted by atomic mass is 10.2. The van der Waals surface area contributed by atoms with Gasteiger partial charge in [0.2, 0.25) is 5.91 Å². The zero-order valence-corrected chi connectivity index (χ0v) is 7.43. The molecule has 0 radical (unpaired) electrons. The Hall–Kier alpha value is -0.810. The predicted molar refractivity (Wildman–Crippen MR) is 44.3 cm³/mol. The van der Waals surface area contributed by atoms with Gasteiger partial charge in [-0.2, -0.15) is 0 Å². The SMILES string of the molecule is CN1CC(C(=O)O)NCC1=O.Cl. The molecule has 0 aromatic heterocycles. The number of aliphatic carboxylic acids is 1. The monoisotopic (exact) mass is 194 g/mol. The molecule has 1 atom stereocenters. The van der Waals surface area contributed by atoms with Crippen molar-refractivity contribution in [3.05, 3.63) is 0 Å². The van der Waals surface area contributed by atoms with Crippen molar-refractivity contribution in [3.8, 4) is 0 Å². The van der Waals surface area contributed by atoms with Crippen molar-refractivity contribution in [2.75, 3.05) is 20.1 Å². The fraction of sp³-hybridized carbons (Fsp3) is 0.667. The molecule has 1 fully saturated rings. The Kier molecular flexibility index (Phi) is 3.99. The van der Waals surface area contributed by atoms with E-state index in [1.807, 2.05) is 0 Å². The quantitative estimate of drug-likeness (QED) is 0.558. The van der Waals surface area contributed by atoms with E-state index in [-0.39, 0.29) is 31.4 Å². The average molecular weight is 195 g/mol. The van der Waals surface area contributed by atoms with E-state index in [0.29, 0.717) is 0 Å². The van der Waals surface area contributed by atoms with Crippen LogP contribution in [0.5, 0.6) is 0 Å². The minimum Gasteiger partial charge on any atom is -0.480 e. The van der Waals surface area contributed by atoms with Crippen LogP contribution in [-0.4, -0.2) is 48.1 Å². The summed E-state index contributed by atoms with van der Waals surface area (Å²) in [5.41, 5.74) is 0. The van der Waals surface area contributed by atoms with E-state index in [9.17, 15) is 9.59 Å². The highest BCUT2D eigenvalue weighted by Crippen LogP contribution is 1.96. The molecule has 6 heteroatoms. The number of carboxylic acids is 1. The van der Waals surface area contributed by atoms with Crippen molar-refractivity contribution in [2.45, 2.75) is 6.04 Å². The summed E-state index contributed by atoms with van der Waals surface area (Å²) in [5, 5.41) is 11.1. The van der Waals surface area contributed by atoms with E-state index in [1.165, 1.54) is 4.90 Å². The van der Waals surface area contributed by atoms with E-state index in [2.05, 4.69) is 5.32 Å². The van der Waals surface area contributed by atoms with E-state index >= 15 is 0 Å². The van der Waals surface area contributed by atoms with Crippen LogP contribution in [0.4, 0.5) is 0 Å². The fourth-order valence-corrected chi connectivity index (χ4v) is 0.951. The lowest BCUT2D eigenvalue weighted by molar-refractivity contribution is -0.143. The topological polar surface area (TPSA) is 69.6 Å². The van der Waals surface area contributed by atoms with Crippen LogP contribution in [0, 0.1) is 0 Å². The number of rotatable bonds is 1. The molecule has 0 aliphatic carbocycles. The number of carbonyl (C=O) groups excluding carboxylic acids is 1. The van der Waals surface area contributed by atoms with Crippen LogP contribution in [0.15, 0.2) is 0 Å². The maximum Gasteiger partial charge on any atom is 0.322 e. The molecule has 0 spiro atoms. The normalized spacial score (nSPS) is 23.2. The van der Waals surface area contributed by atoms with Crippen molar-refractivity contribution in [2.24, 2.45) is 0 Å². The van der Waals surface area contributed by atoms with Gasteiger partial charge in [0.05, 0.1) is 6.54 Å². The molecule has 0 saturated carbocycles. The molecular formula is C6H11ClN2O3. The number of piperazine rings is 1. The summed E-state index contributed by atoms with van der Waals surface area (Å²) in [4.78, 5) is 22.7. The summed E-state index contributed by atoms with van der Waals surface area (Å²) in [7, 11) is 1.60. The zero-order valence-electron chi connectivity index (χ0n) is 6.61. The van der Waals surface area contributed by atoms with Gasteiger partial charge < -0.3 is 10.0 Å². The van der Waals surface area contributed by atoms with Gasteiger partial charge in [-0.15, -0.1) is 12.4 Å². The molecule has 1 amide bonds. The van der Waals surface area contributed by atoms with Gasteiger partial charge in [0.1, 0.15) is 6.04 Å². The standard InChI is InChI=1S/C6H10N2O3.ClH/c1-8-3-4(6(10)11)7-2-5(8)9;/h4,7H,2-3H2,1H3,(H,10,11);1H. The zero-order chi connectivity index (χ0) is 8.43. The molecule has 1 unspecified atom stereocenters. The maximum absolute atomic E-state index is 10.8. The van der Waals surface area contributed by atoms with Crippen molar-refractivity contribution in [1.29, 1.82) is 0 Å². The van der Waals surface area contributed by atoms with Gasteiger partial charge in [0, 0.05) is 13.6 Å². The van der Waals surface area contributed by atoms with Gasteiger partial charge in [-0.3, -0.25) is 14.9 Å². The number of nitrogens with zero attached hydrogens (tertiary/aromatic N) is 1. The number of halogens is 1. The van der Waals surface area contributed by atoms with Crippen molar-refractivity contribution >= 4 is 24.3 Å². The van der Waals surface area contributed by atoms with Crippen LogP contribution < -0.4 is 5.32 Å². The molecule has 12 heavy (non-hydrogen) atoms. The fourth-order valence-electron chi connectivity index (χ4n) is 0.951. The molecule has 1 saturated heterocycles. The number of carboxylic acid groups (broad SMARTS) is 1. The van der Waals surface area contributed by atoms with E-state index in [4.69, 9.17) is 5.11 Å². The minimum absolute atomic E-state index is 0. The Bertz CT molecular complexity index is 197. The van der Waals surface area contributed by atoms with Crippen LogP contribution in [0.2, 0.25) is 0 Å². The van der Waals surface area contributed by atoms with Gasteiger partial charge in [-0.1, -0.05) is 0 Å². The molecule has 5 nitrogen and oxygen atoms in total. The third-order valence-corrected chi connectivity index (χ3v) is 1.68. The Labute approximate surface area is 76.1 Å². The number of hydrogen-bond acceptors (Lipinski definition) is 3. The van der Waals surface area contributed by atoms with E-state index < -0.39 is 12.0 Å². The second-order valence-electron chi connectivity index (χ2n) is 2.55. The predicted octanol–water partition coefficient (Wildman–Crippen LogP) is -1.08. The van der Waals surface area contributed by atoms with Crippen molar-refractivity contribution in [1.82, 2.24) is 10.2 Å². The first-order valence-electron chi connectivity index (χ1n) is 3.31. The highest BCUT2D eigenvalue weighted by Gasteiger charge is 2.26. The molecule has 0 aromatic carbocycles. The second kappa shape index (κ2) is 4.27. The number of likely N-dealkylation sites (N-methyl/N-ethyl adjacent to an activating group) is 1. The van der Waals surface area contributed by atoms with Crippen LogP contribution in [-0.2, 0) is 9.59 Å². The average Bonchev–Trinajstić information content (AvgIpc) is 1.94. The summed E-state index contributed by atoms with van der Waals surface area (Å²) in [6.45, 7) is 0.363.